The summed E-state index contributed by atoms with van der Waals surface area (Å²) in [6, 6.07) is 12.2. The quantitative estimate of drug-likeness (QED) is 0.739. The van der Waals surface area contributed by atoms with Crippen molar-refractivity contribution in [3.63, 3.8) is 0 Å². The van der Waals surface area contributed by atoms with Gasteiger partial charge in [-0.1, -0.05) is 18.2 Å². The van der Waals surface area contributed by atoms with Crippen molar-refractivity contribution in [3.05, 3.63) is 66.0 Å². The zero-order chi connectivity index (χ0) is 17.4. The number of benzene rings is 1. The second-order valence-corrected chi connectivity index (χ2v) is 5.70. The van der Waals surface area contributed by atoms with Crippen LogP contribution in [-0.2, 0) is 4.79 Å². The van der Waals surface area contributed by atoms with Crippen LogP contribution < -0.4 is 5.32 Å². The molecule has 0 radical (unpaired) electrons. The van der Waals surface area contributed by atoms with Crippen LogP contribution in [0.5, 0.6) is 0 Å². The number of aromatic nitrogens is 2. The first-order chi connectivity index (χ1) is 12.1. The monoisotopic (exact) mass is 334 g/mol. The van der Waals surface area contributed by atoms with E-state index in [2.05, 4.69) is 10.3 Å². The van der Waals surface area contributed by atoms with Crippen molar-refractivity contribution in [3.8, 4) is 0 Å². The van der Waals surface area contributed by atoms with Crippen LogP contribution in [0.25, 0.3) is 5.65 Å². The van der Waals surface area contributed by atoms with Crippen LogP contribution in [0.1, 0.15) is 27.1 Å². The minimum atomic E-state index is -0.360. The lowest BCUT2D eigenvalue weighted by Crippen LogP contribution is -2.32. The Kier molecular flexibility index (Phi) is 3.53. The average Bonchev–Trinajstić information content (AvgIpc) is 3.13. The van der Waals surface area contributed by atoms with Crippen molar-refractivity contribution in [1.82, 2.24) is 14.3 Å². The van der Waals surface area contributed by atoms with Crippen LogP contribution in [0, 0.1) is 0 Å². The summed E-state index contributed by atoms with van der Waals surface area (Å²) >= 11 is 0. The molecular weight excluding hydrogens is 320 g/mol. The number of carbonyl (C=O) groups excluding carboxylic acids is 3. The molecule has 7 nitrogen and oxygen atoms in total. The topological polar surface area (TPSA) is 83.8 Å². The number of imide groups is 1. The van der Waals surface area contributed by atoms with Gasteiger partial charge in [0.2, 0.25) is 5.91 Å². The van der Waals surface area contributed by atoms with Gasteiger partial charge in [0.1, 0.15) is 5.65 Å². The van der Waals surface area contributed by atoms with Gasteiger partial charge in [-0.3, -0.25) is 19.3 Å². The zero-order valence-electron chi connectivity index (χ0n) is 13.2. The van der Waals surface area contributed by atoms with Gasteiger partial charge >= 0.3 is 0 Å². The van der Waals surface area contributed by atoms with E-state index in [1.165, 1.54) is 0 Å². The maximum Gasteiger partial charge on any atom is 0.261 e. The molecule has 1 aliphatic heterocycles. The van der Waals surface area contributed by atoms with Gasteiger partial charge in [-0.2, -0.15) is 0 Å². The lowest BCUT2D eigenvalue weighted by Gasteiger charge is -2.12. The molecule has 0 fully saturated rings. The molecule has 0 saturated heterocycles. The highest BCUT2D eigenvalue weighted by Gasteiger charge is 2.34. The number of fused-ring (bicyclic) bond motifs is 2. The molecule has 2 aromatic heterocycles. The molecule has 4 rings (SSSR count). The summed E-state index contributed by atoms with van der Waals surface area (Å²) in [6.45, 7) is 0.0333. The molecule has 0 atom stereocenters. The summed E-state index contributed by atoms with van der Waals surface area (Å²) in [7, 11) is 0. The molecular formula is C18H14N4O3. The molecule has 0 bridgehead atoms. The van der Waals surface area contributed by atoms with Crippen molar-refractivity contribution in [1.29, 1.82) is 0 Å². The summed E-state index contributed by atoms with van der Waals surface area (Å²) < 4.78 is 1.79. The van der Waals surface area contributed by atoms with Gasteiger partial charge in [0.25, 0.3) is 11.8 Å². The van der Waals surface area contributed by atoms with E-state index < -0.39 is 0 Å². The first kappa shape index (κ1) is 15.1. The van der Waals surface area contributed by atoms with Crippen LogP contribution in [0.3, 0.4) is 0 Å². The average molecular weight is 334 g/mol. The molecule has 0 aliphatic carbocycles. The second kappa shape index (κ2) is 5.86. The van der Waals surface area contributed by atoms with Crippen LogP contribution >= 0.6 is 0 Å². The summed E-state index contributed by atoms with van der Waals surface area (Å²) in [5.74, 6) is -0.596. The van der Waals surface area contributed by atoms with Crippen molar-refractivity contribution in [2.75, 3.05) is 11.9 Å². The summed E-state index contributed by atoms with van der Waals surface area (Å²) in [5, 5.41) is 2.69. The standard InChI is InChI=1S/C18H14N4O3/c23-16(20-14-11-21-9-4-3-7-15(21)19-14)8-10-22-17(24)12-5-1-2-6-13(12)18(22)25/h1-7,9,11H,8,10H2,(H,20,23). The Morgan fingerprint density at radius 3 is 2.36 bits per heavy atom. The first-order valence-electron chi connectivity index (χ1n) is 7.82. The van der Waals surface area contributed by atoms with Crippen molar-refractivity contribution in [2.24, 2.45) is 0 Å². The molecule has 25 heavy (non-hydrogen) atoms. The zero-order valence-corrected chi connectivity index (χ0v) is 13.2. The number of amides is 3. The highest BCUT2D eigenvalue weighted by atomic mass is 16.2. The number of anilines is 1. The largest absolute Gasteiger partial charge is 0.309 e. The lowest BCUT2D eigenvalue weighted by atomic mass is 10.1. The van der Waals surface area contributed by atoms with E-state index in [0.717, 1.165) is 10.5 Å². The van der Waals surface area contributed by atoms with E-state index >= 15 is 0 Å². The Morgan fingerprint density at radius 1 is 1.00 bits per heavy atom. The molecule has 3 amide bonds. The molecule has 3 heterocycles. The van der Waals surface area contributed by atoms with Crippen LogP contribution in [0.2, 0.25) is 0 Å². The van der Waals surface area contributed by atoms with Gasteiger partial charge in [0.15, 0.2) is 5.82 Å². The fourth-order valence-electron chi connectivity index (χ4n) is 2.86. The molecule has 1 N–H and O–H groups in total. The van der Waals surface area contributed by atoms with E-state index in [9.17, 15) is 14.4 Å². The van der Waals surface area contributed by atoms with Gasteiger partial charge in [0.05, 0.1) is 17.3 Å². The van der Waals surface area contributed by atoms with Crippen molar-refractivity contribution >= 4 is 29.2 Å². The minimum Gasteiger partial charge on any atom is -0.309 e. The predicted octanol–water partition coefficient (Wildman–Crippen LogP) is 1.96. The molecule has 3 aromatic rings. The third-order valence-electron chi connectivity index (χ3n) is 4.07. The maximum atomic E-state index is 12.3. The molecule has 1 aromatic carbocycles. The van der Waals surface area contributed by atoms with Crippen LogP contribution in [0.15, 0.2) is 54.9 Å². The number of hydrogen-bond acceptors (Lipinski definition) is 4. The number of nitrogens with one attached hydrogen (secondary N) is 1. The Labute approximate surface area is 142 Å². The Hall–Kier alpha value is -3.48. The van der Waals surface area contributed by atoms with Gasteiger partial charge in [-0.25, -0.2) is 4.98 Å². The van der Waals surface area contributed by atoms with Crippen molar-refractivity contribution in [2.45, 2.75) is 6.42 Å². The van der Waals surface area contributed by atoms with E-state index in [0.29, 0.717) is 16.9 Å². The normalized spacial score (nSPS) is 13.4. The Morgan fingerprint density at radius 2 is 1.68 bits per heavy atom. The van der Waals surface area contributed by atoms with Crippen molar-refractivity contribution < 1.29 is 14.4 Å². The highest BCUT2D eigenvalue weighted by Crippen LogP contribution is 2.22. The third-order valence-corrected chi connectivity index (χ3v) is 4.07. The number of hydrogen-bond donors (Lipinski definition) is 1. The predicted molar refractivity (Wildman–Crippen MR) is 90.2 cm³/mol. The number of pyridine rings is 1. The molecule has 7 heteroatoms. The molecule has 0 spiro atoms. The molecule has 1 aliphatic rings. The van der Waals surface area contributed by atoms with Gasteiger partial charge in [-0.05, 0) is 24.3 Å². The van der Waals surface area contributed by atoms with Gasteiger partial charge in [-0.15, -0.1) is 0 Å². The van der Waals surface area contributed by atoms with Gasteiger partial charge in [0, 0.05) is 19.2 Å². The Balaban J connectivity index is 1.41. The van der Waals surface area contributed by atoms with E-state index in [1.807, 2.05) is 24.4 Å². The smallest absolute Gasteiger partial charge is 0.261 e. The maximum absolute atomic E-state index is 12.3. The third kappa shape index (κ3) is 2.65. The fraction of sp³-hybridized carbons (Fsp3) is 0.111. The number of imidazole rings is 1. The second-order valence-electron chi connectivity index (χ2n) is 5.70. The Bertz CT molecular complexity index is 940. The SMILES string of the molecule is O=C(CCN1C(=O)c2ccccc2C1=O)Nc1cn2ccccc2n1. The number of nitrogens with zero attached hydrogens (tertiary/aromatic N) is 3. The number of rotatable bonds is 4. The fourth-order valence-corrected chi connectivity index (χ4v) is 2.86. The lowest BCUT2D eigenvalue weighted by molar-refractivity contribution is -0.116. The molecule has 0 unspecified atom stereocenters. The van der Waals surface area contributed by atoms with E-state index in [1.54, 1.807) is 34.9 Å². The van der Waals surface area contributed by atoms with E-state index in [-0.39, 0.29) is 30.7 Å². The van der Waals surface area contributed by atoms with Crippen LogP contribution in [0.4, 0.5) is 5.82 Å². The molecule has 124 valence electrons. The summed E-state index contributed by atoms with van der Waals surface area (Å²) in [4.78, 5) is 42.0. The highest BCUT2D eigenvalue weighted by molar-refractivity contribution is 6.21. The summed E-state index contributed by atoms with van der Waals surface area (Å²) in [6.07, 6.45) is 3.55. The van der Waals surface area contributed by atoms with Crippen LogP contribution in [-0.4, -0.2) is 38.6 Å². The molecule has 0 saturated carbocycles. The minimum absolute atomic E-state index is 0.0132. The summed E-state index contributed by atoms with van der Waals surface area (Å²) in [5.41, 5.74) is 1.49. The van der Waals surface area contributed by atoms with E-state index in [4.69, 9.17) is 0 Å². The number of carbonyl (C=O) groups is 3. The first-order valence-corrected chi connectivity index (χ1v) is 7.82. The van der Waals surface area contributed by atoms with Gasteiger partial charge < -0.3 is 9.72 Å².